The van der Waals surface area contributed by atoms with Crippen LogP contribution in [0.3, 0.4) is 0 Å². The molecule has 1 heterocycles. The summed E-state index contributed by atoms with van der Waals surface area (Å²) in [7, 11) is 0. The summed E-state index contributed by atoms with van der Waals surface area (Å²) < 4.78 is 13.6. The maximum absolute atomic E-state index is 12.7. The summed E-state index contributed by atoms with van der Waals surface area (Å²) in [4.78, 5) is 12.8. The van der Waals surface area contributed by atoms with Gasteiger partial charge in [-0.3, -0.25) is 4.79 Å². The second kappa shape index (κ2) is 4.89. The Morgan fingerprint density at radius 3 is 2.50 bits per heavy atom. The van der Waals surface area contributed by atoms with Gasteiger partial charge in [-0.15, -0.1) is 11.3 Å². The zero-order valence-electron chi connectivity index (χ0n) is 8.24. The van der Waals surface area contributed by atoms with E-state index >= 15 is 0 Å². The minimum atomic E-state index is -0.325. The minimum absolute atomic E-state index is 0.00292. The highest BCUT2D eigenvalue weighted by Crippen LogP contribution is 2.24. The molecule has 0 aliphatic carbocycles. The fraction of sp³-hybridized carbons (Fsp3) is 0.0833. The molecule has 1 aromatic heterocycles. The van der Waals surface area contributed by atoms with Gasteiger partial charge in [-0.25, -0.2) is 4.39 Å². The summed E-state index contributed by atoms with van der Waals surface area (Å²) in [6, 6.07) is 7.55. The smallest absolute Gasteiger partial charge is 0.168 e. The molecule has 0 fully saturated rings. The summed E-state index contributed by atoms with van der Waals surface area (Å²) in [5.41, 5.74) is 0.543. The van der Waals surface area contributed by atoms with E-state index in [-0.39, 0.29) is 11.6 Å². The molecule has 0 saturated heterocycles. The van der Waals surface area contributed by atoms with Crippen LogP contribution in [0.2, 0.25) is 0 Å². The minimum Gasteiger partial charge on any atom is -0.294 e. The quantitative estimate of drug-likeness (QED) is 0.781. The molecule has 16 heavy (non-hydrogen) atoms. The van der Waals surface area contributed by atoms with Gasteiger partial charge in [0, 0.05) is 21.3 Å². The van der Waals surface area contributed by atoms with Gasteiger partial charge < -0.3 is 0 Å². The van der Waals surface area contributed by atoms with Crippen molar-refractivity contribution in [3.63, 3.8) is 0 Å². The fourth-order valence-corrected chi connectivity index (χ4v) is 2.83. The number of thiophene rings is 1. The van der Waals surface area contributed by atoms with Crippen molar-refractivity contribution in [2.75, 3.05) is 0 Å². The van der Waals surface area contributed by atoms with Crippen LogP contribution >= 0.6 is 27.3 Å². The maximum atomic E-state index is 12.7. The molecule has 0 saturated carbocycles. The number of carbonyl (C=O) groups is 1. The summed E-state index contributed by atoms with van der Waals surface area (Å²) in [5, 5.41) is 1.93. The van der Waals surface area contributed by atoms with Crippen LogP contribution in [0.1, 0.15) is 15.2 Å². The number of hydrogen-bond acceptors (Lipinski definition) is 2. The van der Waals surface area contributed by atoms with Crippen molar-refractivity contribution in [2.24, 2.45) is 0 Å². The molecule has 0 radical (unpaired) electrons. The van der Waals surface area contributed by atoms with Crippen molar-refractivity contribution >= 4 is 33.0 Å². The largest absolute Gasteiger partial charge is 0.294 e. The molecule has 4 heteroatoms. The number of Topliss-reactive ketones (excluding diaryl/α,β-unsaturated/α-hetero) is 1. The van der Waals surface area contributed by atoms with E-state index in [4.69, 9.17) is 0 Å². The van der Waals surface area contributed by atoms with E-state index in [1.165, 1.54) is 35.6 Å². The van der Waals surface area contributed by atoms with Gasteiger partial charge in [-0.2, -0.15) is 0 Å². The Bertz CT molecular complexity index is 504. The molecule has 1 nitrogen and oxygen atoms in total. The number of halogens is 2. The van der Waals surface area contributed by atoms with Crippen LogP contribution in [0.5, 0.6) is 0 Å². The zero-order chi connectivity index (χ0) is 11.5. The number of carbonyl (C=O) groups excluding carboxylic acids is 1. The topological polar surface area (TPSA) is 17.1 Å². The van der Waals surface area contributed by atoms with E-state index in [1.54, 1.807) is 0 Å². The van der Waals surface area contributed by atoms with Gasteiger partial charge in [-0.1, -0.05) is 0 Å². The number of benzene rings is 1. The predicted molar refractivity (Wildman–Crippen MR) is 66.5 cm³/mol. The highest BCUT2D eigenvalue weighted by atomic mass is 79.9. The lowest BCUT2D eigenvalue weighted by Crippen LogP contribution is -2.02. The molecule has 2 rings (SSSR count). The third kappa shape index (κ3) is 2.57. The van der Waals surface area contributed by atoms with Crippen LogP contribution in [-0.2, 0) is 6.42 Å². The van der Waals surface area contributed by atoms with Crippen LogP contribution in [-0.4, -0.2) is 5.78 Å². The Morgan fingerprint density at radius 1 is 1.25 bits per heavy atom. The molecular weight excluding hydrogens is 291 g/mol. The Hall–Kier alpha value is -1.00. The first-order chi connectivity index (χ1) is 7.66. The monoisotopic (exact) mass is 298 g/mol. The summed E-state index contributed by atoms with van der Waals surface area (Å²) in [6.07, 6.45) is 0.351. The number of rotatable bonds is 3. The lowest BCUT2D eigenvalue weighted by atomic mass is 10.1. The standard InChI is InChI=1S/C12H8BrFOS/c13-10-5-6-16-12(10)7-11(15)8-1-3-9(14)4-2-8/h1-6H,7H2. The third-order valence-electron chi connectivity index (χ3n) is 2.18. The van der Waals surface area contributed by atoms with Crippen molar-refractivity contribution in [3.05, 3.63) is 56.4 Å². The SMILES string of the molecule is O=C(Cc1sccc1Br)c1ccc(F)cc1. The highest BCUT2D eigenvalue weighted by Gasteiger charge is 2.10. The molecule has 0 unspecified atom stereocenters. The van der Waals surface area contributed by atoms with Crippen LogP contribution in [0.15, 0.2) is 40.2 Å². The third-order valence-corrected chi connectivity index (χ3v) is 4.10. The second-order valence-electron chi connectivity index (χ2n) is 3.30. The van der Waals surface area contributed by atoms with Crippen molar-refractivity contribution in [1.29, 1.82) is 0 Å². The highest BCUT2D eigenvalue weighted by molar-refractivity contribution is 9.10. The molecule has 0 aliphatic heterocycles. The van der Waals surface area contributed by atoms with Crippen molar-refractivity contribution in [1.82, 2.24) is 0 Å². The van der Waals surface area contributed by atoms with E-state index in [2.05, 4.69) is 15.9 Å². The van der Waals surface area contributed by atoms with Gasteiger partial charge >= 0.3 is 0 Å². The van der Waals surface area contributed by atoms with E-state index in [0.29, 0.717) is 12.0 Å². The van der Waals surface area contributed by atoms with E-state index < -0.39 is 0 Å². The van der Waals surface area contributed by atoms with Gasteiger partial charge in [0.05, 0.1) is 0 Å². The van der Waals surface area contributed by atoms with Gasteiger partial charge in [0.2, 0.25) is 0 Å². The fourth-order valence-electron chi connectivity index (χ4n) is 1.33. The molecule has 2 aromatic rings. The number of hydrogen-bond donors (Lipinski definition) is 0. The van der Waals surface area contributed by atoms with Gasteiger partial charge in [0.15, 0.2) is 5.78 Å². The Morgan fingerprint density at radius 2 is 1.94 bits per heavy atom. The maximum Gasteiger partial charge on any atom is 0.168 e. The summed E-state index contributed by atoms with van der Waals surface area (Å²) in [6.45, 7) is 0. The van der Waals surface area contributed by atoms with Crippen molar-refractivity contribution < 1.29 is 9.18 Å². The second-order valence-corrected chi connectivity index (χ2v) is 5.15. The van der Waals surface area contributed by atoms with Gasteiger partial charge in [0.25, 0.3) is 0 Å². The van der Waals surface area contributed by atoms with Crippen LogP contribution < -0.4 is 0 Å². The van der Waals surface area contributed by atoms with E-state index in [1.807, 2.05) is 11.4 Å². The molecule has 1 aromatic carbocycles. The Balaban J connectivity index is 2.15. The van der Waals surface area contributed by atoms with Crippen molar-refractivity contribution in [3.8, 4) is 0 Å². The van der Waals surface area contributed by atoms with Gasteiger partial charge in [0.1, 0.15) is 5.82 Å². The molecule has 0 aliphatic rings. The first kappa shape index (κ1) is 11.5. The molecule has 0 N–H and O–H groups in total. The van der Waals surface area contributed by atoms with Crippen LogP contribution in [0.25, 0.3) is 0 Å². The van der Waals surface area contributed by atoms with E-state index in [0.717, 1.165) is 9.35 Å². The average molecular weight is 299 g/mol. The van der Waals surface area contributed by atoms with Gasteiger partial charge in [-0.05, 0) is 51.6 Å². The first-order valence-electron chi connectivity index (χ1n) is 4.67. The molecule has 0 bridgehead atoms. The molecule has 0 atom stereocenters. The average Bonchev–Trinajstić information content (AvgIpc) is 2.65. The van der Waals surface area contributed by atoms with Crippen LogP contribution in [0, 0.1) is 5.82 Å². The summed E-state index contributed by atoms with van der Waals surface area (Å²) >= 11 is 4.91. The Labute approximate surface area is 105 Å². The zero-order valence-corrected chi connectivity index (χ0v) is 10.6. The predicted octanol–water partition coefficient (Wildman–Crippen LogP) is 4.08. The first-order valence-corrected chi connectivity index (χ1v) is 6.35. The van der Waals surface area contributed by atoms with Crippen molar-refractivity contribution in [2.45, 2.75) is 6.42 Å². The molecular formula is C12H8BrFOS. The lowest BCUT2D eigenvalue weighted by molar-refractivity contribution is 0.0993. The normalized spacial score (nSPS) is 10.4. The van der Waals surface area contributed by atoms with E-state index in [9.17, 15) is 9.18 Å². The molecule has 82 valence electrons. The summed E-state index contributed by atoms with van der Waals surface area (Å²) in [5.74, 6) is -0.322. The lowest BCUT2D eigenvalue weighted by Gasteiger charge is -1.99. The molecule has 0 spiro atoms. The molecule has 0 amide bonds. The Kier molecular flexibility index (Phi) is 3.51. The van der Waals surface area contributed by atoms with Crippen LogP contribution in [0.4, 0.5) is 4.39 Å². The number of ketones is 1.